The van der Waals surface area contributed by atoms with Crippen molar-refractivity contribution in [3.8, 4) is 0 Å². The van der Waals surface area contributed by atoms with Crippen molar-refractivity contribution in [3.63, 3.8) is 0 Å². The molecule has 1 aromatic carbocycles. The normalized spacial score (nSPS) is 25.1. The number of rotatable bonds is 2. The van der Waals surface area contributed by atoms with Crippen molar-refractivity contribution in [2.24, 2.45) is 10.7 Å². The molecule has 7 heteroatoms. The molecule has 4 N–H and O–H groups in total. The van der Waals surface area contributed by atoms with E-state index in [1.165, 1.54) is 0 Å². The van der Waals surface area contributed by atoms with Gasteiger partial charge in [0.2, 0.25) is 0 Å². The monoisotopic (exact) mass is 341 g/mol. The third kappa shape index (κ3) is 2.78. The fraction of sp³-hybridized carbons (Fsp3) is 0.500. The second-order valence-electron chi connectivity index (χ2n) is 7.05. The van der Waals surface area contributed by atoms with Gasteiger partial charge in [-0.25, -0.2) is 4.99 Å². The SMILES string of the molecule is NC1=NC2(CCN(C(=O)c3ccccc3[C@@H]3CCNC3)CC2)C(=O)N1. The molecule has 2 saturated heterocycles. The Hall–Kier alpha value is -2.41. The number of carbonyl (C=O) groups excluding carboxylic acids is 2. The van der Waals surface area contributed by atoms with Crippen molar-refractivity contribution in [2.75, 3.05) is 26.2 Å². The van der Waals surface area contributed by atoms with Gasteiger partial charge in [-0.2, -0.15) is 0 Å². The molecule has 0 unspecified atom stereocenters. The van der Waals surface area contributed by atoms with Crippen molar-refractivity contribution >= 4 is 17.8 Å². The highest BCUT2D eigenvalue weighted by atomic mass is 16.2. The lowest BCUT2D eigenvalue weighted by Gasteiger charge is -2.35. The molecule has 0 radical (unpaired) electrons. The number of likely N-dealkylation sites (tertiary alicyclic amines) is 1. The summed E-state index contributed by atoms with van der Waals surface area (Å²) in [7, 11) is 0. The highest BCUT2D eigenvalue weighted by Crippen LogP contribution is 2.31. The largest absolute Gasteiger partial charge is 0.370 e. The van der Waals surface area contributed by atoms with Gasteiger partial charge in [0, 0.05) is 25.2 Å². The molecular formula is C18H23N5O2. The maximum Gasteiger partial charge on any atom is 0.254 e. The molecule has 4 rings (SSSR count). The summed E-state index contributed by atoms with van der Waals surface area (Å²) < 4.78 is 0. The number of carbonyl (C=O) groups is 2. The number of piperidine rings is 1. The van der Waals surface area contributed by atoms with Gasteiger partial charge in [0.25, 0.3) is 11.8 Å². The molecule has 1 spiro atoms. The molecule has 0 saturated carbocycles. The number of guanidine groups is 1. The number of nitrogens with one attached hydrogen (secondary N) is 2. The van der Waals surface area contributed by atoms with Crippen LogP contribution in [0.5, 0.6) is 0 Å². The van der Waals surface area contributed by atoms with Crippen LogP contribution in [0.25, 0.3) is 0 Å². The van der Waals surface area contributed by atoms with Crippen molar-refractivity contribution in [2.45, 2.75) is 30.7 Å². The van der Waals surface area contributed by atoms with Crippen LogP contribution >= 0.6 is 0 Å². The van der Waals surface area contributed by atoms with E-state index in [0.29, 0.717) is 31.8 Å². The van der Waals surface area contributed by atoms with Crippen molar-refractivity contribution in [3.05, 3.63) is 35.4 Å². The standard InChI is InChI=1S/C18H23N5O2/c19-17-21-16(25)18(22-17)6-9-23(10-7-18)15(24)14-4-2-1-3-13(14)12-5-8-20-11-12/h1-4,12,20H,5-11H2,(H3,19,21,22,25)/t12-/m1/s1. The van der Waals surface area contributed by atoms with E-state index in [0.717, 1.165) is 30.6 Å². The van der Waals surface area contributed by atoms with Crippen LogP contribution < -0.4 is 16.4 Å². The summed E-state index contributed by atoms with van der Waals surface area (Å²) >= 11 is 0. The van der Waals surface area contributed by atoms with Gasteiger partial charge in [0.15, 0.2) is 5.96 Å². The molecule has 1 aromatic rings. The first kappa shape index (κ1) is 16.1. The van der Waals surface area contributed by atoms with Crippen molar-refractivity contribution < 1.29 is 9.59 Å². The lowest BCUT2D eigenvalue weighted by atomic mass is 9.87. The Bertz CT molecular complexity index is 731. The van der Waals surface area contributed by atoms with E-state index < -0.39 is 5.54 Å². The average Bonchev–Trinajstić information content (AvgIpc) is 3.24. The lowest BCUT2D eigenvalue weighted by Crippen LogP contribution is -2.50. The van der Waals surface area contributed by atoms with Crippen LogP contribution in [0.1, 0.15) is 41.1 Å². The summed E-state index contributed by atoms with van der Waals surface area (Å²) in [6.45, 7) is 2.94. The molecule has 3 aliphatic heterocycles. The number of hydrogen-bond acceptors (Lipinski definition) is 5. The smallest absolute Gasteiger partial charge is 0.254 e. The minimum atomic E-state index is -0.782. The number of nitrogens with zero attached hydrogens (tertiary/aromatic N) is 2. The minimum absolute atomic E-state index is 0.0488. The van der Waals surface area contributed by atoms with E-state index in [1.807, 2.05) is 23.1 Å². The van der Waals surface area contributed by atoms with Gasteiger partial charge in [0.1, 0.15) is 5.54 Å². The van der Waals surface area contributed by atoms with E-state index in [1.54, 1.807) is 0 Å². The zero-order chi connectivity index (χ0) is 17.4. The van der Waals surface area contributed by atoms with Crippen LogP contribution in [0.3, 0.4) is 0 Å². The van der Waals surface area contributed by atoms with E-state index in [2.05, 4.69) is 21.7 Å². The third-order valence-electron chi connectivity index (χ3n) is 5.57. The summed E-state index contributed by atoms with van der Waals surface area (Å²) in [4.78, 5) is 31.3. The topological polar surface area (TPSA) is 99.8 Å². The number of hydrogen-bond donors (Lipinski definition) is 3. The molecule has 2 amide bonds. The quantitative estimate of drug-likeness (QED) is 0.714. The second-order valence-corrected chi connectivity index (χ2v) is 7.05. The molecule has 0 bridgehead atoms. The highest BCUT2D eigenvalue weighted by Gasteiger charge is 2.46. The zero-order valence-corrected chi connectivity index (χ0v) is 14.1. The third-order valence-corrected chi connectivity index (χ3v) is 5.57. The molecule has 7 nitrogen and oxygen atoms in total. The number of aliphatic imine (C=N–C) groups is 1. The molecule has 0 aliphatic carbocycles. The fourth-order valence-corrected chi connectivity index (χ4v) is 4.10. The van der Waals surface area contributed by atoms with Gasteiger partial charge in [-0.3, -0.25) is 14.9 Å². The van der Waals surface area contributed by atoms with Gasteiger partial charge >= 0.3 is 0 Å². The van der Waals surface area contributed by atoms with Gasteiger partial charge in [0.05, 0.1) is 0 Å². The van der Waals surface area contributed by atoms with Crippen LogP contribution in [-0.2, 0) is 4.79 Å². The van der Waals surface area contributed by atoms with Crippen LogP contribution in [0.4, 0.5) is 0 Å². The van der Waals surface area contributed by atoms with Crippen LogP contribution in [0.15, 0.2) is 29.3 Å². The second kappa shape index (κ2) is 6.15. The Kier molecular flexibility index (Phi) is 3.95. The maximum atomic E-state index is 13.1. The first-order chi connectivity index (χ1) is 12.1. The van der Waals surface area contributed by atoms with Gasteiger partial charge < -0.3 is 16.0 Å². The summed E-state index contributed by atoms with van der Waals surface area (Å²) in [5.74, 6) is 0.479. The molecular weight excluding hydrogens is 318 g/mol. The lowest BCUT2D eigenvalue weighted by molar-refractivity contribution is -0.125. The molecule has 1 atom stereocenters. The minimum Gasteiger partial charge on any atom is -0.370 e. The Balaban J connectivity index is 1.51. The van der Waals surface area contributed by atoms with Gasteiger partial charge in [-0.15, -0.1) is 0 Å². The first-order valence-electron chi connectivity index (χ1n) is 8.85. The van der Waals surface area contributed by atoms with E-state index in [4.69, 9.17) is 5.73 Å². The van der Waals surface area contributed by atoms with E-state index in [9.17, 15) is 9.59 Å². The number of benzene rings is 1. The van der Waals surface area contributed by atoms with Crippen LogP contribution in [0, 0.1) is 0 Å². The van der Waals surface area contributed by atoms with E-state index in [-0.39, 0.29) is 17.8 Å². The number of nitrogens with two attached hydrogens (primary N) is 1. The molecule has 132 valence electrons. The molecule has 25 heavy (non-hydrogen) atoms. The Morgan fingerprint density at radius 3 is 2.68 bits per heavy atom. The van der Waals surface area contributed by atoms with Crippen LogP contribution in [0.2, 0.25) is 0 Å². The predicted molar refractivity (Wildman–Crippen MR) is 94.3 cm³/mol. The Labute approximate surface area is 146 Å². The summed E-state index contributed by atoms with van der Waals surface area (Å²) in [5, 5.41) is 5.94. The van der Waals surface area contributed by atoms with Crippen molar-refractivity contribution in [1.82, 2.24) is 15.5 Å². The van der Waals surface area contributed by atoms with Crippen LogP contribution in [-0.4, -0.2) is 54.4 Å². The zero-order valence-electron chi connectivity index (χ0n) is 14.1. The average molecular weight is 341 g/mol. The summed E-state index contributed by atoms with van der Waals surface area (Å²) in [5.41, 5.74) is 6.76. The molecule has 3 heterocycles. The number of amides is 2. The highest BCUT2D eigenvalue weighted by molar-refractivity contribution is 6.07. The molecule has 3 aliphatic rings. The molecule has 0 aromatic heterocycles. The predicted octanol–water partition coefficient (Wildman–Crippen LogP) is 0.183. The van der Waals surface area contributed by atoms with Gasteiger partial charge in [-0.05, 0) is 43.4 Å². The first-order valence-corrected chi connectivity index (χ1v) is 8.85. The maximum absolute atomic E-state index is 13.1. The molecule has 2 fully saturated rings. The Morgan fingerprint density at radius 2 is 2.04 bits per heavy atom. The van der Waals surface area contributed by atoms with Gasteiger partial charge in [-0.1, -0.05) is 18.2 Å². The summed E-state index contributed by atoms with van der Waals surface area (Å²) in [6, 6.07) is 7.89. The fourth-order valence-electron chi connectivity index (χ4n) is 4.10. The Morgan fingerprint density at radius 1 is 1.28 bits per heavy atom. The van der Waals surface area contributed by atoms with Crippen molar-refractivity contribution in [1.29, 1.82) is 0 Å². The summed E-state index contributed by atoms with van der Waals surface area (Å²) in [6.07, 6.45) is 2.08. The van der Waals surface area contributed by atoms with E-state index >= 15 is 0 Å².